The van der Waals surface area contributed by atoms with Crippen molar-refractivity contribution in [3.05, 3.63) is 82.5 Å². The number of pyridine rings is 1. The van der Waals surface area contributed by atoms with Crippen LogP contribution in [0.15, 0.2) is 66.4 Å². The number of thiophene rings is 1. The van der Waals surface area contributed by atoms with Crippen LogP contribution < -0.4 is 5.32 Å². The number of nitrogens with zero attached hydrogens (tertiary/aromatic N) is 2. The predicted molar refractivity (Wildman–Crippen MR) is 154 cm³/mol. The molecule has 0 radical (unpaired) electrons. The zero-order chi connectivity index (χ0) is 27.8. The van der Waals surface area contributed by atoms with Gasteiger partial charge in [-0.3, -0.25) is 9.78 Å². The molecule has 1 aliphatic rings. The first-order chi connectivity index (χ1) is 17.7. The second kappa shape index (κ2) is 12.7. The number of Topliss-reactive ketones (excluding diaryl/α,β-unsaturated/α-hetero) is 1. The number of nitrogens with one attached hydrogen (secondary N) is 1. The van der Waals surface area contributed by atoms with Gasteiger partial charge in [-0.1, -0.05) is 58.5 Å². The third kappa shape index (κ3) is 6.47. The molecular weight excluding hydrogens is 478 g/mol. The third-order valence-electron chi connectivity index (χ3n) is 6.39. The average molecular weight is 518 g/mol. The summed E-state index contributed by atoms with van der Waals surface area (Å²) in [6.45, 7) is 17.6. The molecule has 2 N–H and O–H groups in total. The molecule has 1 aromatic carbocycles. The van der Waals surface area contributed by atoms with E-state index in [1.54, 1.807) is 30.5 Å². The standard InChI is InChI=1S/C27H27N3O2S.2C2H6/c1-17(2)30-26(4,24-12-21(15-33-24)20-11-23(32)14-29-13-20)25(18(3)31)19-5-7-22(8-6-19)27(16-28)9-10-27;2*1-2/h5-8,11-15,25,30,32H,1,9-10H2,2-4H3;2*1-2H3. The van der Waals surface area contributed by atoms with Crippen LogP contribution in [0.4, 0.5) is 0 Å². The first-order valence-electron chi connectivity index (χ1n) is 12.9. The van der Waals surface area contributed by atoms with Crippen LogP contribution in [0.5, 0.6) is 5.75 Å². The number of allylic oxidation sites excluding steroid dienone is 1. The molecular formula is C31H39N3O2S. The summed E-state index contributed by atoms with van der Waals surface area (Å²) in [6.07, 6.45) is 4.88. The van der Waals surface area contributed by atoms with Crippen LogP contribution in [0, 0.1) is 11.3 Å². The lowest BCUT2D eigenvalue weighted by molar-refractivity contribution is -0.120. The van der Waals surface area contributed by atoms with Crippen molar-refractivity contribution >= 4 is 17.1 Å². The number of rotatable bonds is 8. The van der Waals surface area contributed by atoms with Gasteiger partial charge < -0.3 is 10.4 Å². The second-order valence-corrected chi connectivity index (χ2v) is 10.0. The molecule has 2 heterocycles. The van der Waals surface area contributed by atoms with Crippen molar-refractivity contribution < 1.29 is 9.90 Å². The molecule has 0 bridgehead atoms. The summed E-state index contributed by atoms with van der Waals surface area (Å²) in [7, 11) is 0. The smallest absolute Gasteiger partial charge is 0.140 e. The van der Waals surface area contributed by atoms with E-state index in [0.29, 0.717) is 0 Å². The molecule has 3 aromatic rings. The molecule has 2 aromatic heterocycles. The lowest BCUT2D eigenvalue weighted by Crippen LogP contribution is -2.45. The second-order valence-electron chi connectivity index (χ2n) is 9.10. The maximum Gasteiger partial charge on any atom is 0.140 e. The summed E-state index contributed by atoms with van der Waals surface area (Å²) in [6, 6.07) is 14.1. The van der Waals surface area contributed by atoms with E-state index in [-0.39, 0.29) is 16.9 Å². The fourth-order valence-electron chi connectivity index (χ4n) is 4.62. The van der Waals surface area contributed by atoms with Gasteiger partial charge in [-0.05, 0) is 67.8 Å². The van der Waals surface area contributed by atoms with Crippen LogP contribution in [0.25, 0.3) is 11.1 Å². The number of nitriles is 1. The normalized spacial score (nSPS) is 15.3. The van der Waals surface area contributed by atoms with E-state index in [2.05, 4.69) is 22.9 Å². The number of hydrogen-bond donors (Lipinski definition) is 2. The molecule has 1 fully saturated rings. The number of carbonyl (C=O) groups is 1. The number of aromatic hydroxyl groups is 1. The van der Waals surface area contributed by atoms with Crippen molar-refractivity contribution in [3.8, 4) is 22.9 Å². The van der Waals surface area contributed by atoms with Gasteiger partial charge in [0.1, 0.15) is 11.5 Å². The Morgan fingerprint density at radius 3 is 2.24 bits per heavy atom. The minimum absolute atomic E-state index is 0.0365. The molecule has 1 saturated carbocycles. The number of hydrogen-bond acceptors (Lipinski definition) is 6. The van der Waals surface area contributed by atoms with Gasteiger partial charge in [0.15, 0.2) is 0 Å². The van der Waals surface area contributed by atoms with Gasteiger partial charge in [-0.25, -0.2) is 0 Å². The Balaban J connectivity index is 0.00000115. The van der Waals surface area contributed by atoms with Crippen LogP contribution in [0.3, 0.4) is 0 Å². The molecule has 0 amide bonds. The first-order valence-corrected chi connectivity index (χ1v) is 13.8. The largest absolute Gasteiger partial charge is 0.506 e. The van der Waals surface area contributed by atoms with Crippen LogP contribution in [0.1, 0.15) is 83.2 Å². The van der Waals surface area contributed by atoms with Crippen molar-refractivity contribution in [1.29, 1.82) is 5.26 Å². The van der Waals surface area contributed by atoms with Gasteiger partial charge in [0.2, 0.25) is 0 Å². The van der Waals surface area contributed by atoms with E-state index in [1.165, 1.54) is 6.20 Å². The summed E-state index contributed by atoms with van der Waals surface area (Å²) in [4.78, 5) is 18.1. The highest BCUT2D eigenvalue weighted by Gasteiger charge is 2.45. The Bertz CT molecular complexity index is 1250. The molecule has 6 heteroatoms. The van der Waals surface area contributed by atoms with Crippen molar-refractivity contribution in [1.82, 2.24) is 10.3 Å². The molecule has 5 nitrogen and oxygen atoms in total. The van der Waals surface area contributed by atoms with Crippen molar-refractivity contribution in [2.75, 3.05) is 0 Å². The predicted octanol–water partition coefficient (Wildman–Crippen LogP) is 7.83. The number of carbonyl (C=O) groups excluding carboxylic acids is 1. The van der Waals surface area contributed by atoms with Crippen molar-refractivity contribution in [2.45, 2.75) is 78.2 Å². The first kappa shape index (κ1) is 29.8. The van der Waals surface area contributed by atoms with E-state index in [4.69, 9.17) is 0 Å². The summed E-state index contributed by atoms with van der Waals surface area (Å²) >= 11 is 1.55. The Morgan fingerprint density at radius 1 is 1.14 bits per heavy atom. The molecule has 1 aliphatic carbocycles. The van der Waals surface area contributed by atoms with Crippen LogP contribution in [0.2, 0.25) is 0 Å². The molecule has 2 atom stereocenters. The Morgan fingerprint density at radius 2 is 1.76 bits per heavy atom. The highest BCUT2D eigenvalue weighted by atomic mass is 32.1. The molecule has 0 saturated heterocycles. The van der Waals surface area contributed by atoms with Crippen LogP contribution >= 0.6 is 11.3 Å². The minimum Gasteiger partial charge on any atom is -0.506 e. The lowest BCUT2D eigenvalue weighted by atomic mass is 9.76. The van der Waals surface area contributed by atoms with Crippen molar-refractivity contribution in [2.24, 2.45) is 0 Å². The molecule has 196 valence electrons. The Labute approximate surface area is 225 Å². The zero-order valence-electron chi connectivity index (χ0n) is 23.1. The number of ketones is 1. The number of aromatic nitrogens is 1. The van der Waals surface area contributed by atoms with E-state index in [9.17, 15) is 15.2 Å². The van der Waals surface area contributed by atoms with Crippen molar-refractivity contribution in [3.63, 3.8) is 0 Å². The van der Waals surface area contributed by atoms with Gasteiger partial charge in [0.25, 0.3) is 0 Å². The summed E-state index contributed by atoms with van der Waals surface area (Å²) in [5.41, 5.74) is 3.31. The molecule has 4 rings (SSSR count). The Hall–Kier alpha value is -3.43. The highest BCUT2D eigenvalue weighted by molar-refractivity contribution is 7.10. The van der Waals surface area contributed by atoms with Crippen LogP contribution in [-0.2, 0) is 15.7 Å². The topological polar surface area (TPSA) is 86.0 Å². The number of benzene rings is 1. The summed E-state index contributed by atoms with van der Waals surface area (Å²) in [5, 5.41) is 24.8. The quantitative estimate of drug-likeness (QED) is 0.318. The van der Waals surface area contributed by atoms with Gasteiger partial charge in [-0.2, -0.15) is 5.26 Å². The van der Waals surface area contributed by atoms with Crippen LogP contribution in [-0.4, -0.2) is 15.9 Å². The maximum absolute atomic E-state index is 13.1. The van der Waals surface area contributed by atoms with E-state index in [1.807, 2.05) is 77.3 Å². The fraction of sp³-hybridized carbons (Fsp3) is 0.387. The third-order valence-corrected chi connectivity index (χ3v) is 7.55. The van der Waals surface area contributed by atoms with E-state index < -0.39 is 11.5 Å². The Kier molecular flexibility index (Phi) is 10.2. The lowest BCUT2D eigenvalue weighted by Gasteiger charge is -2.38. The zero-order valence-corrected chi connectivity index (χ0v) is 23.9. The highest BCUT2D eigenvalue weighted by Crippen LogP contribution is 2.48. The maximum atomic E-state index is 13.1. The van der Waals surface area contributed by atoms with Gasteiger partial charge in [0.05, 0.1) is 29.1 Å². The monoisotopic (exact) mass is 517 g/mol. The summed E-state index contributed by atoms with van der Waals surface area (Å²) < 4.78 is 0. The van der Waals surface area contributed by atoms with Gasteiger partial charge >= 0.3 is 0 Å². The SMILES string of the molecule is C=C(C)NC(C)(c1cc(-c2cncc(O)c2)cs1)C(C(C)=O)c1ccc(C2(C#N)CC2)cc1.CC.CC. The molecule has 0 spiro atoms. The molecule has 0 aliphatic heterocycles. The van der Waals surface area contributed by atoms with Gasteiger partial charge in [0, 0.05) is 22.3 Å². The van der Waals surface area contributed by atoms with E-state index >= 15 is 0 Å². The fourth-order valence-corrected chi connectivity index (χ4v) is 5.69. The minimum atomic E-state index is -0.737. The molecule has 2 unspecified atom stereocenters. The van der Waals surface area contributed by atoms with E-state index in [0.717, 1.165) is 45.7 Å². The summed E-state index contributed by atoms with van der Waals surface area (Å²) in [5.74, 6) is -0.320. The van der Waals surface area contributed by atoms with Gasteiger partial charge in [-0.15, -0.1) is 11.3 Å². The average Bonchev–Trinajstić information content (AvgIpc) is 3.52. The molecule has 37 heavy (non-hydrogen) atoms.